The second-order valence-electron chi connectivity index (χ2n) is 7.81. The van der Waals surface area contributed by atoms with Crippen molar-refractivity contribution < 1.29 is 18.0 Å². The number of piperidine rings is 1. The average Bonchev–Trinajstić information content (AvgIpc) is 3.32. The molecule has 1 aliphatic rings. The minimum atomic E-state index is -3.86. The number of urea groups is 1. The Balaban J connectivity index is 1.29. The summed E-state index contributed by atoms with van der Waals surface area (Å²) < 4.78 is 27.5. The molecule has 0 bridgehead atoms. The van der Waals surface area contributed by atoms with Crippen LogP contribution >= 0.6 is 11.3 Å². The molecule has 34 heavy (non-hydrogen) atoms. The number of sulfonamides is 1. The van der Waals surface area contributed by atoms with Gasteiger partial charge in [-0.3, -0.25) is 10.1 Å². The zero-order valence-corrected chi connectivity index (χ0v) is 20.0. The maximum Gasteiger partial charge on any atom is 0.322 e. The third kappa shape index (κ3) is 5.88. The van der Waals surface area contributed by atoms with Gasteiger partial charge in [-0.25, -0.2) is 27.9 Å². The third-order valence-corrected chi connectivity index (χ3v) is 7.49. The molecule has 0 unspecified atom stereocenters. The highest BCUT2D eigenvalue weighted by molar-refractivity contribution is 7.92. The number of nitrogens with one attached hydrogen (secondary N) is 3. The molecule has 1 aromatic carbocycles. The van der Waals surface area contributed by atoms with Crippen molar-refractivity contribution >= 4 is 49.9 Å². The minimum Gasteiger partial charge on any atom is -0.326 e. The molecule has 10 nitrogen and oxygen atoms in total. The molecule has 3 N–H and O–H groups in total. The quantitative estimate of drug-likeness (QED) is 0.474. The van der Waals surface area contributed by atoms with E-state index in [1.807, 2.05) is 17.5 Å². The van der Waals surface area contributed by atoms with Gasteiger partial charge in [0.2, 0.25) is 11.9 Å². The summed E-state index contributed by atoms with van der Waals surface area (Å²) in [7, 11) is -3.86. The number of thiophene rings is 1. The smallest absolute Gasteiger partial charge is 0.322 e. The first kappa shape index (κ1) is 23.6. The molecule has 1 saturated heterocycles. The van der Waals surface area contributed by atoms with Crippen molar-refractivity contribution in [3.05, 3.63) is 59.7 Å². The summed E-state index contributed by atoms with van der Waals surface area (Å²) in [4.78, 5) is 34.7. The lowest BCUT2D eigenvalue weighted by atomic mass is 9.96. The van der Waals surface area contributed by atoms with Crippen LogP contribution in [0.15, 0.2) is 58.9 Å². The molecule has 3 heterocycles. The van der Waals surface area contributed by atoms with Gasteiger partial charge in [-0.1, -0.05) is 0 Å². The van der Waals surface area contributed by atoms with Crippen LogP contribution in [0.4, 0.5) is 21.4 Å². The van der Waals surface area contributed by atoms with Crippen molar-refractivity contribution in [1.29, 1.82) is 0 Å². The second-order valence-corrected chi connectivity index (χ2v) is 10.4. The molecular formula is C22H24N6O4S2. The summed E-state index contributed by atoms with van der Waals surface area (Å²) in [5.41, 5.74) is 1.13. The Morgan fingerprint density at radius 3 is 2.44 bits per heavy atom. The zero-order chi connectivity index (χ0) is 24.1. The van der Waals surface area contributed by atoms with Gasteiger partial charge in [0, 0.05) is 36.6 Å². The van der Waals surface area contributed by atoms with Gasteiger partial charge >= 0.3 is 6.03 Å². The van der Waals surface area contributed by atoms with Crippen molar-refractivity contribution in [2.75, 3.05) is 28.4 Å². The molecule has 0 spiro atoms. The predicted molar refractivity (Wildman–Crippen MR) is 130 cm³/mol. The SMILES string of the molecule is Cc1ccnc(NS(=O)(=O)c2ccc(NC(=O)C3CCN(C(=O)Nc4cccs4)CC3)cc2)n1. The summed E-state index contributed by atoms with van der Waals surface area (Å²) >= 11 is 1.45. The molecule has 0 radical (unpaired) electrons. The number of amides is 3. The molecule has 3 amide bonds. The summed E-state index contributed by atoms with van der Waals surface area (Å²) in [6, 6.07) is 11.1. The number of aromatic nitrogens is 2. The lowest BCUT2D eigenvalue weighted by molar-refractivity contribution is -0.121. The van der Waals surface area contributed by atoms with Gasteiger partial charge in [0.05, 0.1) is 9.90 Å². The Hall–Kier alpha value is -3.51. The summed E-state index contributed by atoms with van der Waals surface area (Å²) in [5, 5.41) is 8.37. The van der Waals surface area contributed by atoms with Gasteiger partial charge in [-0.15, -0.1) is 11.3 Å². The van der Waals surface area contributed by atoms with E-state index in [0.29, 0.717) is 37.3 Å². The molecule has 12 heteroatoms. The van der Waals surface area contributed by atoms with Crippen molar-refractivity contribution in [1.82, 2.24) is 14.9 Å². The molecule has 3 aromatic rings. The van der Waals surface area contributed by atoms with Crippen LogP contribution in [0.25, 0.3) is 0 Å². The Morgan fingerprint density at radius 2 is 1.79 bits per heavy atom. The number of carbonyl (C=O) groups excluding carboxylic acids is 2. The Bertz CT molecular complexity index is 1250. The van der Waals surface area contributed by atoms with Gasteiger partial charge in [0.25, 0.3) is 10.0 Å². The number of carbonyl (C=O) groups is 2. The minimum absolute atomic E-state index is 0.00667. The van der Waals surface area contributed by atoms with E-state index in [1.165, 1.54) is 41.8 Å². The summed E-state index contributed by atoms with van der Waals surface area (Å²) in [5.74, 6) is -0.387. The van der Waals surface area contributed by atoms with E-state index < -0.39 is 10.0 Å². The van der Waals surface area contributed by atoms with Crippen molar-refractivity contribution in [3.8, 4) is 0 Å². The highest BCUT2D eigenvalue weighted by atomic mass is 32.2. The van der Waals surface area contributed by atoms with E-state index >= 15 is 0 Å². The van der Waals surface area contributed by atoms with Crippen molar-refractivity contribution in [3.63, 3.8) is 0 Å². The van der Waals surface area contributed by atoms with Crippen LogP contribution in [0.2, 0.25) is 0 Å². The average molecular weight is 501 g/mol. The van der Waals surface area contributed by atoms with Gasteiger partial charge in [0.15, 0.2) is 0 Å². The molecular weight excluding hydrogens is 476 g/mol. The van der Waals surface area contributed by atoms with E-state index in [9.17, 15) is 18.0 Å². The zero-order valence-electron chi connectivity index (χ0n) is 18.4. The molecule has 0 saturated carbocycles. The number of rotatable bonds is 6. The normalized spacial score (nSPS) is 14.4. The van der Waals surface area contributed by atoms with Gasteiger partial charge < -0.3 is 10.2 Å². The van der Waals surface area contributed by atoms with E-state index in [0.717, 1.165) is 5.00 Å². The topological polar surface area (TPSA) is 133 Å². The lowest BCUT2D eigenvalue weighted by Crippen LogP contribution is -2.43. The maximum absolute atomic E-state index is 12.7. The van der Waals surface area contributed by atoms with Crippen LogP contribution in [0.3, 0.4) is 0 Å². The highest BCUT2D eigenvalue weighted by Gasteiger charge is 2.27. The Kier molecular flexibility index (Phi) is 7.08. The van der Waals surface area contributed by atoms with E-state index in [-0.39, 0.29) is 28.7 Å². The van der Waals surface area contributed by atoms with Gasteiger partial charge in [-0.2, -0.15) is 0 Å². The molecule has 0 atom stereocenters. The standard InChI is InChI=1S/C22H24N6O4S2/c1-15-8-11-23-21(24-15)27-34(31,32)18-6-4-17(5-7-18)25-20(29)16-9-12-28(13-10-16)22(30)26-19-3-2-14-33-19/h2-8,11,14,16H,9-10,12-13H2,1H3,(H,25,29)(H,26,30)(H,23,24,27). The van der Waals surface area contributed by atoms with E-state index in [1.54, 1.807) is 17.9 Å². The number of benzene rings is 1. The van der Waals surface area contributed by atoms with E-state index in [4.69, 9.17) is 0 Å². The summed E-state index contributed by atoms with van der Waals surface area (Å²) in [6.45, 7) is 2.71. The maximum atomic E-state index is 12.7. The molecule has 4 rings (SSSR count). The molecule has 1 aliphatic heterocycles. The number of anilines is 3. The Labute approximate surface area is 201 Å². The van der Waals surface area contributed by atoms with Crippen LogP contribution in [0, 0.1) is 12.8 Å². The van der Waals surface area contributed by atoms with Crippen LogP contribution in [0.5, 0.6) is 0 Å². The van der Waals surface area contributed by atoms with Gasteiger partial charge in [-0.05, 0) is 67.6 Å². The lowest BCUT2D eigenvalue weighted by Gasteiger charge is -2.31. The number of aryl methyl sites for hydroxylation is 1. The fourth-order valence-corrected chi connectivity index (χ4v) is 5.08. The van der Waals surface area contributed by atoms with Crippen LogP contribution in [-0.4, -0.2) is 48.3 Å². The molecule has 0 aliphatic carbocycles. The molecule has 178 valence electrons. The van der Waals surface area contributed by atoms with Crippen LogP contribution in [-0.2, 0) is 14.8 Å². The number of nitrogens with zero attached hydrogens (tertiary/aromatic N) is 3. The largest absolute Gasteiger partial charge is 0.326 e. The number of hydrogen-bond donors (Lipinski definition) is 3. The van der Waals surface area contributed by atoms with Crippen LogP contribution in [0.1, 0.15) is 18.5 Å². The van der Waals surface area contributed by atoms with Gasteiger partial charge in [0.1, 0.15) is 0 Å². The van der Waals surface area contributed by atoms with Crippen LogP contribution < -0.4 is 15.4 Å². The first-order valence-corrected chi connectivity index (χ1v) is 13.0. The summed E-state index contributed by atoms with van der Waals surface area (Å²) in [6.07, 6.45) is 2.58. The molecule has 1 fully saturated rings. The fraction of sp³-hybridized carbons (Fsp3) is 0.273. The second kappa shape index (κ2) is 10.2. The first-order valence-electron chi connectivity index (χ1n) is 10.6. The number of likely N-dealkylation sites (tertiary alicyclic amines) is 1. The Morgan fingerprint density at radius 1 is 1.06 bits per heavy atom. The highest BCUT2D eigenvalue weighted by Crippen LogP contribution is 2.22. The van der Waals surface area contributed by atoms with Crippen molar-refractivity contribution in [2.24, 2.45) is 5.92 Å². The first-order chi connectivity index (χ1) is 16.3. The predicted octanol–water partition coefficient (Wildman–Crippen LogP) is 3.53. The fourth-order valence-electron chi connectivity index (χ4n) is 3.52. The van der Waals surface area contributed by atoms with E-state index in [2.05, 4.69) is 25.3 Å². The molecule has 2 aromatic heterocycles. The monoisotopic (exact) mass is 500 g/mol. The van der Waals surface area contributed by atoms with Crippen molar-refractivity contribution in [2.45, 2.75) is 24.7 Å². The third-order valence-electron chi connectivity index (χ3n) is 5.36. The number of hydrogen-bond acceptors (Lipinski definition) is 7.